The summed E-state index contributed by atoms with van der Waals surface area (Å²) in [5, 5.41) is 10.5. The molecule has 1 heterocycles. The van der Waals surface area contributed by atoms with E-state index in [2.05, 4.69) is 0 Å². The van der Waals surface area contributed by atoms with Crippen molar-refractivity contribution in [1.29, 1.82) is 0 Å². The van der Waals surface area contributed by atoms with Crippen molar-refractivity contribution in [3.8, 4) is 5.75 Å². The molecule has 72 valence electrons. The Morgan fingerprint density at radius 2 is 2.29 bits per heavy atom. The second-order valence-electron chi connectivity index (χ2n) is 3.05. The van der Waals surface area contributed by atoms with E-state index in [4.69, 9.17) is 17.0 Å². The molecular formula is C9H7NO3S. The lowest BCUT2D eigenvalue weighted by Crippen LogP contribution is -2.18. The lowest BCUT2D eigenvalue weighted by molar-refractivity contribution is -0.384. The number of rotatable bonds is 1. The Labute approximate surface area is 85.6 Å². The molecule has 14 heavy (non-hydrogen) atoms. The highest BCUT2D eigenvalue weighted by Gasteiger charge is 2.17. The number of hydrogen-bond acceptors (Lipinski definition) is 4. The van der Waals surface area contributed by atoms with E-state index in [0.717, 1.165) is 10.4 Å². The maximum absolute atomic E-state index is 10.5. The van der Waals surface area contributed by atoms with Gasteiger partial charge in [-0.25, -0.2) is 0 Å². The molecule has 4 nitrogen and oxygen atoms in total. The van der Waals surface area contributed by atoms with Crippen LogP contribution >= 0.6 is 12.2 Å². The van der Waals surface area contributed by atoms with Crippen LogP contribution < -0.4 is 4.74 Å². The number of benzene rings is 1. The van der Waals surface area contributed by atoms with E-state index in [0.29, 0.717) is 18.8 Å². The second-order valence-corrected chi connectivity index (χ2v) is 3.63. The Morgan fingerprint density at radius 1 is 1.50 bits per heavy atom. The van der Waals surface area contributed by atoms with Gasteiger partial charge in [0.2, 0.25) is 0 Å². The lowest BCUT2D eigenvalue weighted by Gasteiger charge is -2.17. The van der Waals surface area contributed by atoms with Crippen molar-refractivity contribution in [3.05, 3.63) is 33.9 Å². The Morgan fingerprint density at radius 3 is 3.00 bits per heavy atom. The SMILES string of the molecule is O=[N+]([O-])c1ccc2c(c1)CC(=S)CO2. The zero-order chi connectivity index (χ0) is 10.1. The monoisotopic (exact) mass is 209 g/mol. The van der Waals surface area contributed by atoms with E-state index in [1.807, 2.05) is 0 Å². The van der Waals surface area contributed by atoms with Gasteiger partial charge >= 0.3 is 0 Å². The third-order valence-electron chi connectivity index (χ3n) is 2.03. The van der Waals surface area contributed by atoms with E-state index < -0.39 is 4.92 Å². The van der Waals surface area contributed by atoms with Gasteiger partial charge in [-0.1, -0.05) is 12.2 Å². The molecule has 0 aromatic heterocycles. The highest BCUT2D eigenvalue weighted by Crippen LogP contribution is 2.27. The van der Waals surface area contributed by atoms with Gasteiger partial charge in [0.25, 0.3) is 5.69 Å². The van der Waals surface area contributed by atoms with E-state index in [1.54, 1.807) is 6.07 Å². The number of hydrogen-bond donors (Lipinski definition) is 0. The minimum absolute atomic E-state index is 0.0806. The Balaban J connectivity index is 2.42. The van der Waals surface area contributed by atoms with E-state index >= 15 is 0 Å². The maximum atomic E-state index is 10.5. The third kappa shape index (κ3) is 1.58. The van der Waals surface area contributed by atoms with E-state index in [1.165, 1.54) is 12.1 Å². The zero-order valence-corrected chi connectivity index (χ0v) is 8.04. The van der Waals surface area contributed by atoms with Gasteiger partial charge in [-0.05, 0) is 6.07 Å². The van der Waals surface area contributed by atoms with Crippen LogP contribution in [-0.4, -0.2) is 16.4 Å². The van der Waals surface area contributed by atoms with Crippen molar-refractivity contribution in [1.82, 2.24) is 0 Å². The molecule has 5 heteroatoms. The lowest BCUT2D eigenvalue weighted by atomic mass is 10.1. The number of nitro benzene ring substituents is 1. The van der Waals surface area contributed by atoms with Gasteiger partial charge in [-0.3, -0.25) is 10.1 Å². The van der Waals surface area contributed by atoms with Gasteiger partial charge in [0.1, 0.15) is 12.4 Å². The molecule has 0 unspecified atom stereocenters. The van der Waals surface area contributed by atoms with Crippen LogP contribution in [0.3, 0.4) is 0 Å². The Kier molecular flexibility index (Phi) is 2.17. The molecular weight excluding hydrogens is 202 g/mol. The summed E-state index contributed by atoms with van der Waals surface area (Å²) in [6.07, 6.45) is 0.590. The van der Waals surface area contributed by atoms with Gasteiger partial charge in [0.05, 0.1) is 4.92 Å². The van der Waals surface area contributed by atoms with Crippen LogP contribution in [0.2, 0.25) is 0 Å². The van der Waals surface area contributed by atoms with Gasteiger partial charge in [-0.15, -0.1) is 0 Å². The van der Waals surface area contributed by atoms with Gasteiger partial charge in [0.15, 0.2) is 0 Å². The summed E-state index contributed by atoms with van der Waals surface area (Å²) in [6, 6.07) is 4.57. The molecule has 0 saturated carbocycles. The second kappa shape index (κ2) is 3.34. The molecule has 1 aromatic carbocycles. The first-order valence-electron chi connectivity index (χ1n) is 4.08. The zero-order valence-electron chi connectivity index (χ0n) is 7.23. The van der Waals surface area contributed by atoms with Crippen LogP contribution in [0.25, 0.3) is 0 Å². The largest absolute Gasteiger partial charge is 0.488 e. The Hall–Kier alpha value is -1.49. The standard InChI is InChI=1S/C9H7NO3S/c11-10(12)7-1-2-9-6(3-7)4-8(14)5-13-9/h1-3H,4-5H2. The molecule has 0 fully saturated rings. The fraction of sp³-hybridized carbons (Fsp3) is 0.222. The predicted octanol–water partition coefficient (Wildman–Crippen LogP) is 1.90. The summed E-state index contributed by atoms with van der Waals surface area (Å²) in [7, 11) is 0. The number of nitro groups is 1. The molecule has 2 rings (SSSR count). The Bertz CT molecular complexity index is 417. The molecule has 1 aliphatic rings. The molecule has 1 aromatic rings. The molecule has 0 atom stereocenters. The van der Waals surface area contributed by atoms with Crippen LogP contribution in [0.15, 0.2) is 18.2 Å². The first kappa shape index (κ1) is 9.08. The summed E-state index contributed by atoms with van der Waals surface area (Å²) in [6.45, 7) is 0.431. The van der Waals surface area contributed by atoms with Gasteiger partial charge < -0.3 is 4.74 Å². The minimum Gasteiger partial charge on any atom is -0.488 e. The summed E-state index contributed by atoms with van der Waals surface area (Å²) >= 11 is 5.00. The molecule has 0 spiro atoms. The predicted molar refractivity (Wildman–Crippen MR) is 54.9 cm³/mol. The molecule has 0 bridgehead atoms. The number of ether oxygens (including phenoxy) is 1. The van der Waals surface area contributed by atoms with Crippen molar-refractivity contribution in [2.45, 2.75) is 6.42 Å². The van der Waals surface area contributed by atoms with Crippen molar-refractivity contribution in [3.63, 3.8) is 0 Å². The van der Waals surface area contributed by atoms with E-state index in [-0.39, 0.29) is 5.69 Å². The highest BCUT2D eigenvalue weighted by atomic mass is 32.1. The smallest absolute Gasteiger partial charge is 0.269 e. The summed E-state index contributed by atoms with van der Waals surface area (Å²) < 4.78 is 5.31. The number of thiocarbonyl (C=S) groups is 1. The minimum atomic E-state index is -0.419. The summed E-state index contributed by atoms with van der Waals surface area (Å²) in [5.41, 5.74) is 0.882. The molecule has 0 saturated heterocycles. The first-order valence-corrected chi connectivity index (χ1v) is 4.49. The van der Waals surface area contributed by atoms with Gasteiger partial charge in [-0.2, -0.15) is 0 Å². The van der Waals surface area contributed by atoms with Crippen LogP contribution in [0.5, 0.6) is 5.75 Å². The molecule has 0 N–H and O–H groups in total. The van der Waals surface area contributed by atoms with Gasteiger partial charge in [0, 0.05) is 29.0 Å². The highest BCUT2D eigenvalue weighted by molar-refractivity contribution is 7.80. The van der Waals surface area contributed by atoms with Crippen LogP contribution in [0, 0.1) is 10.1 Å². The average molecular weight is 209 g/mol. The molecule has 1 aliphatic heterocycles. The van der Waals surface area contributed by atoms with Crippen molar-refractivity contribution in [2.24, 2.45) is 0 Å². The summed E-state index contributed by atoms with van der Waals surface area (Å²) in [5.74, 6) is 0.698. The number of nitrogens with zero attached hydrogens (tertiary/aromatic N) is 1. The van der Waals surface area contributed by atoms with Crippen LogP contribution in [0.4, 0.5) is 5.69 Å². The number of fused-ring (bicyclic) bond motifs is 1. The van der Waals surface area contributed by atoms with Crippen molar-refractivity contribution >= 4 is 22.8 Å². The van der Waals surface area contributed by atoms with Crippen molar-refractivity contribution in [2.75, 3.05) is 6.61 Å². The third-order valence-corrected chi connectivity index (χ3v) is 2.29. The topological polar surface area (TPSA) is 52.4 Å². The molecule has 0 radical (unpaired) electrons. The van der Waals surface area contributed by atoms with E-state index in [9.17, 15) is 10.1 Å². The fourth-order valence-corrected chi connectivity index (χ4v) is 1.59. The van der Waals surface area contributed by atoms with Crippen molar-refractivity contribution < 1.29 is 9.66 Å². The quantitative estimate of drug-likeness (QED) is 0.402. The van der Waals surface area contributed by atoms with Crippen LogP contribution in [-0.2, 0) is 6.42 Å². The maximum Gasteiger partial charge on any atom is 0.269 e. The summed E-state index contributed by atoms with van der Waals surface area (Å²) in [4.78, 5) is 10.9. The molecule has 0 amide bonds. The molecule has 0 aliphatic carbocycles. The first-order chi connectivity index (χ1) is 6.66. The average Bonchev–Trinajstić information content (AvgIpc) is 2.16. The normalized spacial score (nSPS) is 14.4. The fourth-order valence-electron chi connectivity index (χ4n) is 1.38. The number of non-ortho nitro benzene ring substituents is 1. The van der Waals surface area contributed by atoms with Crippen LogP contribution in [0.1, 0.15) is 5.56 Å².